The molecule has 0 aromatic heterocycles. The highest BCUT2D eigenvalue weighted by Crippen LogP contribution is 2.24. The molecule has 29 heavy (non-hydrogen) atoms. The second kappa shape index (κ2) is 9.81. The van der Waals surface area contributed by atoms with E-state index in [9.17, 15) is 9.18 Å². The maximum absolute atomic E-state index is 14.6. The number of carbonyl (C=O) groups excluding carboxylic acids is 1. The van der Waals surface area contributed by atoms with Gasteiger partial charge in [-0.15, -0.1) is 0 Å². The summed E-state index contributed by atoms with van der Waals surface area (Å²) in [5.74, 6) is -0.686. The van der Waals surface area contributed by atoms with E-state index in [0.29, 0.717) is 26.2 Å². The predicted molar refractivity (Wildman–Crippen MR) is 119 cm³/mol. The zero-order valence-electron chi connectivity index (χ0n) is 17.5. The Morgan fingerprint density at radius 1 is 1.24 bits per heavy atom. The fraction of sp³-hybridized carbons (Fsp3) is 0.500. The van der Waals surface area contributed by atoms with Gasteiger partial charge in [-0.05, 0) is 51.5 Å². The van der Waals surface area contributed by atoms with Crippen LogP contribution in [0.2, 0.25) is 6.32 Å². The molecule has 2 aliphatic rings. The molecule has 0 bridgehead atoms. The van der Waals surface area contributed by atoms with Crippen LogP contribution in [0.4, 0.5) is 10.1 Å². The van der Waals surface area contributed by atoms with Crippen LogP contribution >= 0.6 is 11.6 Å². The van der Waals surface area contributed by atoms with E-state index in [1.807, 2.05) is 36.9 Å². The van der Waals surface area contributed by atoms with Crippen LogP contribution in [0.3, 0.4) is 0 Å². The van der Waals surface area contributed by atoms with Gasteiger partial charge in [-0.1, -0.05) is 29.6 Å². The molecule has 2 heterocycles. The Balaban J connectivity index is 1.60. The second-order valence-electron chi connectivity index (χ2n) is 7.75. The summed E-state index contributed by atoms with van der Waals surface area (Å²) in [5.41, 5.74) is 2.09. The van der Waals surface area contributed by atoms with Crippen molar-refractivity contribution in [3.8, 4) is 0 Å². The van der Waals surface area contributed by atoms with Crippen LogP contribution in [0.5, 0.6) is 0 Å². The first-order valence-electron chi connectivity index (χ1n) is 10.3. The Hall–Kier alpha value is -1.79. The van der Waals surface area contributed by atoms with Crippen molar-refractivity contribution in [3.63, 3.8) is 0 Å². The quantitative estimate of drug-likeness (QED) is 0.529. The van der Waals surface area contributed by atoms with Crippen molar-refractivity contribution in [2.45, 2.75) is 39.6 Å². The van der Waals surface area contributed by atoms with Gasteiger partial charge in [0, 0.05) is 49.5 Å². The predicted octanol–water partition coefficient (Wildman–Crippen LogP) is 4.31. The Labute approximate surface area is 179 Å². The standard InChI is InChI=1S/C22H29BClFN3O/c1-4-16(2)14-20(24)17(3)26-10-12-27(13-11-26)22(29)19-7-6-18(15-21(19)25)28-9-5-8-23-28/h4,6-7,14-15,17H,5,8-13H2,1-3H3/b16-4-,20-14+. The minimum atomic E-state index is -0.448. The highest BCUT2D eigenvalue weighted by molar-refractivity contribution is 6.42. The van der Waals surface area contributed by atoms with Crippen molar-refractivity contribution in [2.24, 2.45) is 0 Å². The lowest BCUT2D eigenvalue weighted by Crippen LogP contribution is -2.51. The highest BCUT2D eigenvalue weighted by atomic mass is 35.5. The number of hydrogen-bond donors (Lipinski definition) is 0. The number of rotatable bonds is 5. The maximum atomic E-state index is 14.6. The molecule has 1 aromatic carbocycles. The summed E-state index contributed by atoms with van der Waals surface area (Å²) in [7, 11) is 2.08. The van der Waals surface area contributed by atoms with Gasteiger partial charge in [0.2, 0.25) is 7.41 Å². The van der Waals surface area contributed by atoms with Gasteiger partial charge < -0.3 is 9.71 Å². The first-order valence-corrected chi connectivity index (χ1v) is 10.7. The monoisotopic (exact) mass is 416 g/mol. The van der Waals surface area contributed by atoms with E-state index >= 15 is 0 Å². The molecule has 0 spiro atoms. The summed E-state index contributed by atoms with van der Waals surface area (Å²) < 4.78 is 14.6. The van der Waals surface area contributed by atoms with Crippen LogP contribution in [0, 0.1) is 5.82 Å². The molecule has 2 saturated heterocycles. The molecule has 3 rings (SSSR count). The molecular weight excluding hydrogens is 388 g/mol. The number of benzene rings is 1. The Morgan fingerprint density at radius 3 is 2.55 bits per heavy atom. The van der Waals surface area contributed by atoms with Gasteiger partial charge in [0.25, 0.3) is 5.91 Å². The molecule has 7 heteroatoms. The molecule has 4 nitrogen and oxygen atoms in total. The lowest BCUT2D eigenvalue weighted by Gasteiger charge is -2.38. The molecule has 155 valence electrons. The van der Waals surface area contributed by atoms with Crippen molar-refractivity contribution >= 4 is 30.6 Å². The third kappa shape index (κ3) is 5.23. The summed E-state index contributed by atoms with van der Waals surface area (Å²) in [6.07, 6.45) is 6.10. The van der Waals surface area contributed by atoms with Crippen molar-refractivity contribution in [1.29, 1.82) is 0 Å². The van der Waals surface area contributed by atoms with Crippen LogP contribution in [-0.2, 0) is 0 Å². The third-order valence-corrected chi connectivity index (χ3v) is 6.26. The number of hydrogen-bond acceptors (Lipinski definition) is 3. The largest absolute Gasteiger partial charge is 0.419 e. The number of halogens is 2. The average Bonchev–Trinajstić information content (AvgIpc) is 3.27. The SMILES string of the molecule is C/C=C(C)\C=C(\Cl)C(C)N1CCN(C(=O)c2ccc(N3[B]CCC3)cc2F)CC1. The lowest BCUT2D eigenvalue weighted by molar-refractivity contribution is 0.0605. The maximum Gasteiger partial charge on any atom is 0.256 e. The summed E-state index contributed by atoms with van der Waals surface area (Å²) in [6, 6.07) is 5.02. The topological polar surface area (TPSA) is 26.8 Å². The molecule has 1 radical (unpaired) electrons. The Bertz CT molecular complexity index is 799. The lowest BCUT2D eigenvalue weighted by atomic mass is 9.90. The molecule has 1 aromatic rings. The van der Waals surface area contributed by atoms with Gasteiger partial charge in [-0.2, -0.15) is 0 Å². The third-order valence-electron chi connectivity index (χ3n) is 5.84. The zero-order valence-corrected chi connectivity index (χ0v) is 18.3. The molecule has 1 amide bonds. The first kappa shape index (κ1) is 21.9. The molecular formula is C22H29BClFN3O. The summed E-state index contributed by atoms with van der Waals surface area (Å²) >= 11 is 6.46. The summed E-state index contributed by atoms with van der Waals surface area (Å²) in [5, 5.41) is 0.792. The van der Waals surface area contributed by atoms with Crippen molar-refractivity contribution < 1.29 is 9.18 Å². The van der Waals surface area contributed by atoms with Gasteiger partial charge in [0.15, 0.2) is 0 Å². The number of nitrogens with zero attached hydrogens (tertiary/aromatic N) is 3. The van der Waals surface area contributed by atoms with Crippen LogP contribution < -0.4 is 4.81 Å². The zero-order chi connectivity index (χ0) is 21.0. The van der Waals surface area contributed by atoms with Crippen molar-refractivity contribution in [2.75, 3.05) is 37.5 Å². The smallest absolute Gasteiger partial charge is 0.256 e. The molecule has 0 saturated carbocycles. The van der Waals surface area contributed by atoms with Crippen LogP contribution in [0.15, 0.2) is 41.0 Å². The molecule has 0 N–H and O–H groups in total. The van der Waals surface area contributed by atoms with Gasteiger partial charge in [-0.25, -0.2) is 4.39 Å². The minimum absolute atomic E-state index is 0.0940. The molecule has 0 aliphatic carbocycles. The van der Waals surface area contributed by atoms with Gasteiger partial charge in [0.05, 0.1) is 5.56 Å². The number of amides is 1. The van der Waals surface area contributed by atoms with E-state index < -0.39 is 5.82 Å². The van der Waals surface area contributed by atoms with Gasteiger partial charge in [0.1, 0.15) is 5.82 Å². The Morgan fingerprint density at radius 2 is 1.97 bits per heavy atom. The molecule has 1 atom stereocenters. The summed E-state index contributed by atoms with van der Waals surface area (Å²) in [4.78, 5) is 18.9. The van der Waals surface area contributed by atoms with E-state index in [1.165, 1.54) is 6.07 Å². The van der Waals surface area contributed by atoms with Crippen LogP contribution in [-0.4, -0.2) is 61.9 Å². The number of allylic oxidation sites excluding steroid dienone is 3. The van der Waals surface area contributed by atoms with Gasteiger partial charge >= 0.3 is 0 Å². The van der Waals surface area contributed by atoms with E-state index in [1.54, 1.807) is 11.0 Å². The number of carbonyl (C=O) groups is 1. The fourth-order valence-corrected chi connectivity index (χ4v) is 4.08. The van der Waals surface area contributed by atoms with Crippen LogP contribution in [0.25, 0.3) is 0 Å². The van der Waals surface area contributed by atoms with Gasteiger partial charge in [-0.3, -0.25) is 9.69 Å². The highest BCUT2D eigenvalue weighted by Gasteiger charge is 2.27. The number of anilines is 1. The van der Waals surface area contributed by atoms with E-state index in [0.717, 1.165) is 35.6 Å². The molecule has 2 fully saturated rings. The number of piperazine rings is 1. The molecule has 2 aliphatic heterocycles. The van der Waals surface area contributed by atoms with E-state index in [-0.39, 0.29) is 17.5 Å². The van der Waals surface area contributed by atoms with Crippen molar-refractivity contribution in [3.05, 3.63) is 52.3 Å². The summed E-state index contributed by atoms with van der Waals surface area (Å²) in [6.45, 7) is 9.55. The average molecular weight is 417 g/mol. The minimum Gasteiger partial charge on any atom is -0.419 e. The fourth-order valence-electron chi connectivity index (χ4n) is 3.77. The second-order valence-corrected chi connectivity index (χ2v) is 8.18. The van der Waals surface area contributed by atoms with Crippen molar-refractivity contribution in [1.82, 2.24) is 9.80 Å². The molecule has 1 unspecified atom stereocenters. The first-order chi connectivity index (χ1) is 13.9. The van der Waals surface area contributed by atoms with E-state index in [4.69, 9.17) is 11.6 Å². The van der Waals surface area contributed by atoms with Crippen LogP contribution in [0.1, 0.15) is 37.6 Å². The van der Waals surface area contributed by atoms with E-state index in [2.05, 4.69) is 19.2 Å². The normalized spacial score (nSPS) is 20.0. The Kier molecular flexibility index (Phi) is 7.41.